The summed E-state index contributed by atoms with van der Waals surface area (Å²) < 4.78 is 5.52. The molecule has 1 amide bonds. The molecule has 0 aromatic carbocycles. The third-order valence-corrected chi connectivity index (χ3v) is 4.29. The molecular weight excluding hydrogens is 270 g/mol. The monoisotopic (exact) mass is 295 g/mol. The number of carbonyl (C=O) groups is 2. The first kappa shape index (κ1) is 16.0. The number of nitrogens with one attached hydrogen (secondary N) is 1. The van der Waals surface area contributed by atoms with Crippen LogP contribution in [-0.2, 0) is 14.3 Å². The fraction of sp³-hybridized carbons (Fsp3) is 0.750. The van der Waals surface area contributed by atoms with Gasteiger partial charge in [-0.25, -0.2) is 0 Å². The molecule has 5 heteroatoms. The Bertz CT molecular complexity index is 432. The first-order valence-electron chi connectivity index (χ1n) is 7.77. The Balaban J connectivity index is 1.88. The topological polar surface area (TPSA) is 75.6 Å². The highest BCUT2D eigenvalue weighted by Gasteiger charge is 2.53. The van der Waals surface area contributed by atoms with Crippen LogP contribution in [0.15, 0.2) is 12.2 Å². The van der Waals surface area contributed by atoms with Crippen molar-refractivity contribution in [3.63, 3.8) is 0 Å². The second-order valence-corrected chi connectivity index (χ2v) is 6.57. The molecule has 0 aliphatic carbocycles. The molecule has 0 aromatic heterocycles. The molecular formula is C16H25NO4. The van der Waals surface area contributed by atoms with Crippen molar-refractivity contribution in [1.82, 2.24) is 5.32 Å². The Morgan fingerprint density at radius 2 is 1.76 bits per heavy atom. The summed E-state index contributed by atoms with van der Waals surface area (Å²) in [5.74, 6) is -1.86. The summed E-state index contributed by atoms with van der Waals surface area (Å²) >= 11 is 0. The summed E-state index contributed by atoms with van der Waals surface area (Å²) in [6.45, 7) is 6.33. The third-order valence-electron chi connectivity index (χ3n) is 4.29. The van der Waals surface area contributed by atoms with Crippen molar-refractivity contribution in [3.8, 4) is 0 Å². The number of fused-ring (bicyclic) bond motifs is 2. The van der Waals surface area contributed by atoms with Gasteiger partial charge in [-0.1, -0.05) is 38.8 Å². The molecule has 5 nitrogen and oxygen atoms in total. The van der Waals surface area contributed by atoms with Crippen LogP contribution in [0, 0.1) is 17.8 Å². The number of rotatable bonds is 7. The summed E-state index contributed by atoms with van der Waals surface area (Å²) in [5.41, 5.74) is 0. The fourth-order valence-corrected chi connectivity index (χ4v) is 3.16. The van der Waals surface area contributed by atoms with E-state index in [0.29, 0.717) is 5.92 Å². The fourth-order valence-electron chi connectivity index (χ4n) is 3.16. The van der Waals surface area contributed by atoms with Crippen LogP contribution >= 0.6 is 0 Å². The number of carboxylic acid groups (broad SMARTS) is 1. The second kappa shape index (κ2) is 6.60. The van der Waals surface area contributed by atoms with Crippen LogP contribution in [0.2, 0.25) is 0 Å². The average molecular weight is 295 g/mol. The van der Waals surface area contributed by atoms with Crippen molar-refractivity contribution in [2.24, 2.45) is 17.8 Å². The van der Waals surface area contributed by atoms with Gasteiger partial charge in [0.2, 0.25) is 5.91 Å². The highest BCUT2D eigenvalue weighted by atomic mass is 16.5. The summed E-state index contributed by atoms with van der Waals surface area (Å²) in [6, 6.07) is 0.0637. The number of carboxylic acids is 1. The minimum atomic E-state index is -0.959. The maximum Gasteiger partial charge on any atom is 0.310 e. The predicted molar refractivity (Wildman–Crippen MR) is 78.7 cm³/mol. The van der Waals surface area contributed by atoms with Gasteiger partial charge in [0.1, 0.15) is 5.92 Å². The van der Waals surface area contributed by atoms with Gasteiger partial charge in [0, 0.05) is 6.04 Å². The molecule has 1 saturated heterocycles. The van der Waals surface area contributed by atoms with Gasteiger partial charge in [-0.2, -0.15) is 0 Å². The number of amides is 1. The SMILES string of the molecule is CC(C)CCC[C@H](C)NC(=O)[C@H]1[C@@H](C(=O)O)[C@@H]2C=C[C@@H]1O2. The number of hydrogen-bond acceptors (Lipinski definition) is 3. The van der Waals surface area contributed by atoms with Crippen LogP contribution in [0.25, 0.3) is 0 Å². The maximum atomic E-state index is 12.4. The van der Waals surface area contributed by atoms with E-state index in [1.54, 1.807) is 12.2 Å². The molecule has 118 valence electrons. The summed E-state index contributed by atoms with van der Waals surface area (Å²) in [7, 11) is 0. The quantitative estimate of drug-likeness (QED) is 0.704. The number of aliphatic carboxylic acids is 1. The van der Waals surface area contributed by atoms with E-state index in [9.17, 15) is 14.7 Å². The van der Waals surface area contributed by atoms with Gasteiger partial charge in [0.05, 0.1) is 18.1 Å². The van der Waals surface area contributed by atoms with Crippen molar-refractivity contribution in [3.05, 3.63) is 12.2 Å². The first-order chi connectivity index (χ1) is 9.90. The summed E-state index contributed by atoms with van der Waals surface area (Å²) in [4.78, 5) is 23.7. The van der Waals surface area contributed by atoms with Crippen LogP contribution in [-0.4, -0.2) is 35.2 Å². The zero-order chi connectivity index (χ0) is 15.6. The molecule has 0 unspecified atom stereocenters. The Labute approximate surface area is 125 Å². The molecule has 0 saturated carbocycles. The van der Waals surface area contributed by atoms with Crippen molar-refractivity contribution in [1.29, 1.82) is 0 Å². The van der Waals surface area contributed by atoms with E-state index in [0.717, 1.165) is 19.3 Å². The van der Waals surface area contributed by atoms with Gasteiger partial charge in [-0.05, 0) is 19.3 Å². The van der Waals surface area contributed by atoms with Crippen molar-refractivity contribution in [2.45, 2.75) is 58.3 Å². The van der Waals surface area contributed by atoms with Gasteiger partial charge in [0.25, 0.3) is 0 Å². The largest absolute Gasteiger partial charge is 0.481 e. The van der Waals surface area contributed by atoms with Crippen LogP contribution in [0.5, 0.6) is 0 Å². The van der Waals surface area contributed by atoms with E-state index in [4.69, 9.17) is 4.74 Å². The standard InChI is InChI=1S/C16H25NO4/c1-9(2)5-4-6-10(3)17-15(18)13-11-7-8-12(21-11)14(13)16(19)20/h7-14H,4-6H2,1-3H3,(H,17,18)(H,19,20)/t10-,11-,12-,13+,14-/m0/s1. The Morgan fingerprint density at radius 3 is 2.33 bits per heavy atom. The maximum absolute atomic E-state index is 12.4. The van der Waals surface area contributed by atoms with E-state index >= 15 is 0 Å². The van der Waals surface area contributed by atoms with Crippen LogP contribution < -0.4 is 5.32 Å². The number of carbonyl (C=O) groups excluding carboxylic acids is 1. The molecule has 2 bridgehead atoms. The van der Waals surface area contributed by atoms with Gasteiger partial charge in [-0.15, -0.1) is 0 Å². The predicted octanol–water partition coefficient (Wildman–Crippen LogP) is 1.97. The zero-order valence-electron chi connectivity index (χ0n) is 12.9. The van der Waals surface area contributed by atoms with Gasteiger partial charge in [0.15, 0.2) is 0 Å². The molecule has 2 heterocycles. The Hall–Kier alpha value is -1.36. The molecule has 2 rings (SSSR count). The molecule has 2 aliphatic heterocycles. The van der Waals surface area contributed by atoms with E-state index in [1.165, 1.54) is 0 Å². The Morgan fingerprint density at radius 1 is 1.14 bits per heavy atom. The lowest BCUT2D eigenvalue weighted by molar-refractivity contribution is -0.146. The molecule has 0 aromatic rings. The molecule has 2 aliphatic rings. The van der Waals surface area contributed by atoms with Crippen LogP contribution in [0.3, 0.4) is 0 Å². The summed E-state index contributed by atoms with van der Waals surface area (Å²) in [5, 5.41) is 12.2. The van der Waals surface area contributed by atoms with E-state index < -0.39 is 23.9 Å². The molecule has 0 radical (unpaired) electrons. The highest BCUT2D eigenvalue weighted by molar-refractivity contribution is 5.87. The summed E-state index contributed by atoms with van der Waals surface area (Å²) in [6.07, 6.45) is 5.82. The van der Waals surface area contributed by atoms with Crippen molar-refractivity contribution in [2.75, 3.05) is 0 Å². The van der Waals surface area contributed by atoms with Crippen molar-refractivity contribution < 1.29 is 19.4 Å². The molecule has 2 N–H and O–H groups in total. The lowest BCUT2D eigenvalue weighted by atomic mass is 9.82. The average Bonchev–Trinajstić information content (AvgIpc) is 2.97. The molecule has 1 fully saturated rings. The van der Waals surface area contributed by atoms with Crippen LogP contribution in [0.4, 0.5) is 0 Å². The second-order valence-electron chi connectivity index (χ2n) is 6.57. The van der Waals surface area contributed by atoms with Gasteiger partial charge >= 0.3 is 5.97 Å². The number of hydrogen-bond donors (Lipinski definition) is 2. The third kappa shape index (κ3) is 3.64. The first-order valence-corrected chi connectivity index (χ1v) is 7.77. The minimum absolute atomic E-state index is 0.0637. The minimum Gasteiger partial charge on any atom is -0.481 e. The molecule has 21 heavy (non-hydrogen) atoms. The molecule has 5 atom stereocenters. The number of ether oxygens (including phenoxy) is 1. The van der Waals surface area contributed by atoms with E-state index in [1.807, 2.05) is 6.92 Å². The van der Waals surface area contributed by atoms with Crippen LogP contribution in [0.1, 0.15) is 40.0 Å². The van der Waals surface area contributed by atoms with E-state index in [2.05, 4.69) is 19.2 Å². The lowest BCUT2D eigenvalue weighted by Crippen LogP contribution is -2.45. The zero-order valence-corrected chi connectivity index (χ0v) is 12.9. The van der Waals surface area contributed by atoms with E-state index in [-0.39, 0.29) is 18.1 Å². The highest BCUT2D eigenvalue weighted by Crippen LogP contribution is 2.39. The molecule has 0 spiro atoms. The Kier molecular flexibility index (Phi) is 5.04. The van der Waals surface area contributed by atoms with Gasteiger partial charge in [-0.3, -0.25) is 9.59 Å². The normalized spacial score (nSPS) is 31.6. The van der Waals surface area contributed by atoms with Crippen molar-refractivity contribution >= 4 is 11.9 Å². The smallest absolute Gasteiger partial charge is 0.310 e. The lowest BCUT2D eigenvalue weighted by Gasteiger charge is -2.23. The van der Waals surface area contributed by atoms with Gasteiger partial charge < -0.3 is 15.2 Å².